The van der Waals surface area contributed by atoms with Gasteiger partial charge in [0.1, 0.15) is 5.75 Å². The quantitative estimate of drug-likeness (QED) is 0.755. The number of piperidine rings is 1. The van der Waals surface area contributed by atoms with Crippen LogP contribution in [0.15, 0.2) is 48.8 Å². The number of rotatable bonds is 6. The van der Waals surface area contributed by atoms with Crippen LogP contribution in [-0.2, 0) is 4.79 Å². The van der Waals surface area contributed by atoms with E-state index >= 15 is 0 Å². The van der Waals surface area contributed by atoms with E-state index in [4.69, 9.17) is 4.74 Å². The van der Waals surface area contributed by atoms with Crippen molar-refractivity contribution in [3.05, 3.63) is 59.9 Å². The Hall–Kier alpha value is -2.89. The molecule has 3 rings (SSSR count). The molecule has 1 unspecified atom stereocenters. The highest BCUT2D eigenvalue weighted by molar-refractivity contribution is 5.94. The lowest BCUT2D eigenvalue weighted by Crippen LogP contribution is -2.44. The zero-order valence-corrected chi connectivity index (χ0v) is 18.9. The van der Waals surface area contributed by atoms with E-state index in [0.29, 0.717) is 37.2 Å². The van der Waals surface area contributed by atoms with Crippen molar-refractivity contribution in [2.24, 2.45) is 11.3 Å². The first-order valence-electron chi connectivity index (χ1n) is 10.9. The molecule has 2 amide bonds. The minimum atomic E-state index is -0.0894. The van der Waals surface area contributed by atoms with Gasteiger partial charge in [0.05, 0.1) is 13.2 Å². The molecule has 31 heavy (non-hydrogen) atoms. The molecule has 6 nitrogen and oxygen atoms in total. The van der Waals surface area contributed by atoms with Crippen LogP contribution in [0.5, 0.6) is 5.75 Å². The van der Waals surface area contributed by atoms with E-state index in [2.05, 4.69) is 31.1 Å². The predicted molar refractivity (Wildman–Crippen MR) is 121 cm³/mol. The SMILES string of the molecule is COc1cccc(C(=O)N2CCC(C(=O)NC(CC(C)(C)C)c3cccnc3)CC2)c1. The van der Waals surface area contributed by atoms with Gasteiger partial charge in [0.15, 0.2) is 0 Å². The average Bonchev–Trinajstić information content (AvgIpc) is 2.78. The lowest BCUT2D eigenvalue weighted by atomic mass is 9.85. The molecule has 1 atom stereocenters. The Balaban J connectivity index is 1.60. The third kappa shape index (κ3) is 6.29. The number of nitrogens with one attached hydrogen (secondary N) is 1. The van der Waals surface area contributed by atoms with Crippen molar-refractivity contribution in [2.45, 2.75) is 46.1 Å². The first kappa shape index (κ1) is 22.8. The number of methoxy groups -OCH3 is 1. The summed E-state index contributed by atoms with van der Waals surface area (Å²) in [7, 11) is 1.59. The monoisotopic (exact) mass is 423 g/mol. The summed E-state index contributed by atoms with van der Waals surface area (Å²) in [6, 6.07) is 11.0. The lowest BCUT2D eigenvalue weighted by molar-refractivity contribution is -0.127. The van der Waals surface area contributed by atoms with Gasteiger partial charge in [-0.15, -0.1) is 0 Å². The Morgan fingerprint density at radius 1 is 1.19 bits per heavy atom. The summed E-state index contributed by atoms with van der Waals surface area (Å²) in [5.74, 6) is 0.624. The third-order valence-corrected chi connectivity index (χ3v) is 5.69. The van der Waals surface area contributed by atoms with Crippen molar-refractivity contribution in [1.82, 2.24) is 15.2 Å². The zero-order valence-electron chi connectivity index (χ0n) is 18.9. The van der Waals surface area contributed by atoms with Gasteiger partial charge in [-0.1, -0.05) is 32.9 Å². The van der Waals surface area contributed by atoms with Gasteiger partial charge in [-0.2, -0.15) is 0 Å². The summed E-state index contributed by atoms with van der Waals surface area (Å²) < 4.78 is 5.22. The Morgan fingerprint density at radius 2 is 1.94 bits per heavy atom. The zero-order chi connectivity index (χ0) is 22.4. The number of hydrogen-bond acceptors (Lipinski definition) is 4. The molecule has 1 fully saturated rings. The Bertz CT molecular complexity index is 884. The minimum absolute atomic E-state index is 0.0151. The van der Waals surface area contributed by atoms with Crippen molar-refractivity contribution in [2.75, 3.05) is 20.2 Å². The molecule has 1 aromatic carbocycles. The van der Waals surface area contributed by atoms with Crippen LogP contribution in [0.25, 0.3) is 0 Å². The molecule has 0 radical (unpaired) electrons. The molecule has 2 aromatic rings. The lowest BCUT2D eigenvalue weighted by Gasteiger charge is -2.33. The van der Waals surface area contributed by atoms with Crippen LogP contribution in [0.4, 0.5) is 0 Å². The van der Waals surface area contributed by atoms with Crippen LogP contribution in [0.2, 0.25) is 0 Å². The Labute approximate surface area is 185 Å². The first-order valence-corrected chi connectivity index (χ1v) is 10.9. The van der Waals surface area contributed by atoms with Crippen molar-refractivity contribution in [3.8, 4) is 5.75 Å². The second-order valence-corrected chi connectivity index (χ2v) is 9.41. The van der Waals surface area contributed by atoms with Crippen LogP contribution >= 0.6 is 0 Å². The molecule has 1 aliphatic rings. The highest BCUT2D eigenvalue weighted by Gasteiger charge is 2.30. The second-order valence-electron chi connectivity index (χ2n) is 9.41. The van der Waals surface area contributed by atoms with Gasteiger partial charge in [0.25, 0.3) is 5.91 Å². The Kier molecular flexibility index (Phi) is 7.31. The molecule has 0 bridgehead atoms. The number of carbonyl (C=O) groups excluding carboxylic acids is 2. The molecule has 0 spiro atoms. The number of pyridine rings is 1. The fourth-order valence-electron chi connectivity index (χ4n) is 4.02. The molecule has 1 N–H and O–H groups in total. The third-order valence-electron chi connectivity index (χ3n) is 5.69. The molecular formula is C25H33N3O3. The average molecular weight is 424 g/mol. The predicted octanol–water partition coefficient (Wildman–Crippen LogP) is 4.24. The summed E-state index contributed by atoms with van der Waals surface area (Å²) >= 11 is 0. The van der Waals surface area contributed by atoms with Gasteiger partial charge in [-0.05, 0) is 54.5 Å². The van der Waals surface area contributed by atoms with Gasteiger partial charge in [0.2, 0.25) is 5.91 Å². The standard InChI is InChI=1S/C25H33N3O3/c1-25(2,3)16-22(20-8-6-12-26-17-20)27-23(29)18-10-13-28(14-11-18)24(30)19-7-5-9-21(15-19)31-4/h5-9,12,15,17-18,22H,10-11,13-14,16H2,1-4H3,(H,27,29). The number of hydrogen-bond donors (Lipinski definition) is 1. The molecule has 0 saturated carbocycles. The van der Waals surface area contributed by atoms with E-state index in [1.54, 1.807) is 25.4 Å². The van der Waals surface area contributed by atoms with Gasteiger partial charge in [-0.3, -0.25) is 14.6 Å². The largest absolute Gasteiger partial charge is 0.497 e. The molecule has 6 heteroatoms. The summed E-state index contributed by atoms with van der Waals surface area (Å²) in [6.07, 6.45) is 5.73. The smallest absolute Gasteiger partial charge is 0.253 e. The maximum atomic E-state index is 13.0. The van der Waals surface area contributed by atoms with Crippen LogP contribution in [0, 0.1) is 11.3 Å². The van der Waals surface area contributed by atoms with E-state index in [9.17, 15) is 9.59 Å². The van der Waals surface area contributed by atoms with Gasteiger partial charge >= 0.3 is 0 Å². The number of amides is 2. The summed E-state index contributed by atoms with van der Waals surface area (Å²) in [5.41, 5.74) is 1.71. The molecule has 1 saturated heterocycles. The molecule has 1 aliphatic heterocycles. The van der Waals surface area contributed by atoms with Gasteiger partial charge < -0.3 is 15.0 Å². The van der Waals surface area contributed by atoms with E-state index in [0.717, 1.165) is 12.0 Å². The van der Waals surface area contributed by atoms with E-state index in [-0.39, 0.29) is 29.2 Å². The van der Waals surface area contributed by atoms with Gasteiger partial charge in [-0.25, -0.2) is 0 Å². The number of carbonyl (C=O) groups is 2. The number of nitrogens with zero attached hydrogens (tertiary/aromatic N) is 2. The Morgan fingerprint density at radius 3 is 2.55 bits per heavy atom. The number of ether oxygens (including phenoxy) is 1. The highest BCUT2D eigenvalue weighted by atomic mass is 16.5. The van der Waals surface area contributed by atoms with Crippen molar-refractivity contribution < 1.29 is 14.3 Å². The van der Waals surface area contributed by atoms with E-state index < -0.39 is 0 Å². The molecular weight excluding hydrogens is 390 g/mol. The van der Waals surface area contributed by atoms with Crippen molar-refractivity contribution >= 4 is 11.8 Å². The highest BCUT2D eigenvalue weighted by Crippen LogP contribution is 2.30. The molecule has 0 aliphatic carbocycles. The minimum Gasteiger partial charge on any atom is -0.497 e. The van der Waals surface area contributed by atoms with Crippen LogP contribution < -0.4 is 10.1 Å². The first-order chi connectivity index (χ1) is 14.8. The fourth-order valence-corrected chi connectivity index (χ4v) is 4.02. The number of aromatic nitrogens is 1. The summed E-state index contributed by atoms with van der Waals surface area (Å²) in [5, 5.41) is 3.25. The van der Waals surface area contributed by atoms with Crippen molar-refractivity contribution in [1.29, 1.82) is 0 Å². The second kappa shape index (κ2) is 9.94. The topological polar surface area (TPSA) is 71.5 Å². The maximum Gasteiger partial charge on any atom is 0.253 e. The molecule has 2 heterocycles. The summed E-state index contributed by atoms with van der Waals surface area (Å²) in [6.45, 7) is 7.66. The van der Waals surface area contributed by atoms with Gasteiger partial charge in [0, 0.05) is 37.0 Å². The maximum absolute atomic E-state index is 13.0. The van der Waals surface area contributed by atoms with E-state index in [1.807, 2.05) is 35.4 Å². The molecule has 1 aromatic heterocycles. The summed E-state index contributed by atoms with van der Waals surface area (Å²) in [4.78, 5) is 31.9. The number of likely N-dealkylation sites (tertiary alicyclic amines) is 1. The van der Waals surface area contributed by atoms with Crippen LogP contribution in [0.3, 0.4) is 0 Å². The van der Waals surface area contributed by atoms with Crippen LogP contribution in [-0.4, -0.2) is 41.9 Å². The fraction of sp³-hybridized carbons (Fsp3) is 0.480. The van der Waals surface area contributed by atoms with Crippen molar-refractivity contribution in [3.63, 3.8) is 0 Å². The van der Waals surface area contributed by atoms with Crippen LogP contribution in [0.1, 0.15) is 62.0 Å². The van der Waals surface area contributed by atoms with E-state index in [1.165, 1.54) is 0 Å². The number of benzene rings is 1. The molecule has 166 valence electrons. The normalized spacial score (nSPS) is 15.9.